The van der Waals surface area contributed by atoms with Crippen molar-refractivity contribution in [2.45, 2.75) is 26.2 Å². The van der Waals surface area contributed by atoms with Crippen LogP contribution in [0.2, 0.25) is 0 Å². The van der Waals surface area contributed by atoms with E-state index in [1.165, 1.54) is 11.6 Å². The van der Waals surface area contributed by atoms with Gasteiger partial charge in [0.1, 0.15) is 18.2 Å². The molecule has 0 spiro atoms. The third-order valence-corrected chi connectivity index (χ3v) is 3.37. The Balaban J connectivity index is 2.00. The monoisotopic (exact) mass is 263 g/mol. The molecule has 0 unspecified atom stereocenters. The van der Waals surface area contributed by atoms with Gasteiger partial charge in [0, 0.05) is 13.1 Å². The summed E-state index contributed by atoms with van der Waals surface area (Å²) in [6, 6.07) is 4.80. The fourth-order valence-electron chi connectivity index (χ4n) is 2.41. The molecule has 1 aliphatic heterocycles. The number of aryl methyl sites for hydroxylation is 1. The average Bonchev–Trinajstić information content (AvgIpc) is 2.38. The minimum Gasteiger partial charge on any atom is -0.489 e. The van der Waals surface area contributed by atoms with Crippen molar-refractivity contribution in [1.82, 2.24) is 4.90 Å². The lowest BCUT2D eigenvalue weighted by molar-refractivity contribution is 0.300. The zero-order chi connectivity index (χ0) is 13.7. The summed E-state index contributed by atoms with van der Waals surface area (Å²) in [5.74, 6) is 0.629. The number of nitrogens with zero attached hydrogens (tertiary/aromatic N) is 1. The van der Waals surface area contributed by atoms with E-state index in [-0.39, 0.29) is 5.82 Å². The second kappa shape index (κ2) is 6.71. The third-order valence-electron chi connectivity index (χ3n) is 3.37. The van der Waals surface area contributed by atoms with Crippen molar-refractivity contribution >= 4 is 0 Å². The lowest BCUT2D eigenvalue weighted by atomic mass is 10.1. The van der Waals surface area contributed by atoms with Gasteiger partial charge in [0.05, 0.1) is 0 Å². The van der Waals surface area contributed by atoms with Crippen LogP contribution in [-0.2, 0) is 6.42 Å². The van der Waals surface area contributed by atoms with Gasteiger partial charge in [-0.3, -0.25) is 0 Å². The third kappa shape index (κ3) is 4.06. The first kappa shape index (κ1) is 14.1. The van der Waals surface area contributed by atoms with Crippen LogP contribution >= 0.6 is 0 Å². The molecule has 2 rings (SSSR count). The minimum atomic E-state index is -0.188. The van der Waals surface area contributed by atoms with Gasteiger partial charge < -0.3 is 9.64 Å². The van der Waals surface area contributed by atoms with E-state index >= 15 is 0 Å². The van der Waals surface area contributed by atoms with Crippen LogP contribution in [-0.4, -0.2) is 31.6 Å². The molecule has 0 saturated heterocycles. The molecule has 1 aromatic carbocycles. The summed E-state index contributed by atoms with van der Waals surface area (Å²) in [4.78, 5) is 2.29. The van der Waals surface area contributed by atoms with Gasteiger partial charge in [-0.15, -0.1) is 0 Å². The number of ether oxygens (including phenoxy) is 1. The summed E-state index contributed by atoms with van der Waals surface area (Å²) >= 11 is 0. The number of rotatable bonds is 5. The van der Waals surface area contributed by atoms with Crippen LogP contribution in [0, 0.1) is 5.82 Å². The standard InChI is InChI=1S/C16H22FNO/c1-3-5-14-10-15(17)7-8-16(14)19-12-13-6-4-9-18(2)11-13/h6-8,10H,3-5,9,11-12H2,1-2H3. The summed E-state index contributed by atoms with van der Waals surface area (Å²) in [6.45, 7) is 4.77. The summed E-state index contributed by atoms with van der Waals surface area (Å²) < 4.78 is 19.1. The predicted octanol–water partition coefficient (Wildman–Crippen LogP) is 3.42. The average molecular weight is 263 g/mol. The van der Waals surface area contributed by atoms with Crippen LogP contribution in [0.3, 0.4) is 0 Å². The summed E-state index contributed by atoms with van der Waals surface area (Å²) in [5, 5.41) is 0. The maximum Gasteiger partial charge on any atom is 0.123 e. The second-order valence-electron chi connectivity index (χ2n) is 5.18. The van der Waals surface area contributed by atoms with Crippen molar-refractivity contribution in [3.05, 3.63) is 41.2 Å². The Bertz CT molecular complexity index is 456. The van der Waals surface area contributed by atoms with Crippen molar-refractivity contribution in [3.8, 4) is 5.75 Å². The zero-order valence-electron chi connectivity index (χ0n) is 11.8. The maximum absolute atomic E-state index is 13.2. The van der Waals surface area contributed by atoms with Gasteiger partial charge in [0.25, 0.3) is 0 Å². The van der Waals surface area contributed by atoms with Gasteiger partial charge >= 0.3 is 0 Å². The molecular weight excluding hydrogens is 241 g/mol. The lowest BCUT2D eigenvalue weighted by Gasteiger charge is -2.23. The molecule has 0 N–H and O–H groups in total. The van der Waals surface area contributed by atoms with Crippen LogP contribution in [0.1, 0.15) is 25.3 Å². The van der Waals surface area contributed by atoms with Gasteiger partial charge in [-0.25, -0.2) is 4.39 Å². The molecular formula is C16H22FNO. The van der Waals surface area contributed by atoms with E-state index in [1.54, 1.807) is 12.1 Å². The highest BCUT2D eigenvalue weighted by atomic mass is 19.1. The molecule has 3 heteroatoms. The molecule has 19 heavy (non-hydrogen) atoms. The Morgan fingerprint density at radius 3 is 2.95 bits per heavy atom. The normalized spacial score (nSPS) is 16.3. The highest BCUT2D eigenvalue weighted by Crippen LogP contribution is 2.22. The molecule has 0 amide bonds. The van der Waals surface area contributed by atoms with Crippen LogP contribution in [0.4, 0.5) is 4.39 Å². The Hall–Kier alpha value is -1.35. The topological polar surface area (TPSA) is 12.5 Å². The predicted molar refractivity (Wildman–Crippen MR) is 76.1 cm³/mol. The molecule has 0 fully saturated rings. The van der Waals surface area contributed by atoms with Gasteiger partial charge in [0.2, 0.25) is 0 Å². The van der Waals surface area contributed by atoms with Crippen LogP contribution < -0.4 is 4.74 Å². The lowest BCUT2D eigenvalue weighted by Crippen LogP contribution is -2.27. The van der Waals surface area contributed by atoms with E-state index in [9.17, 15) is 4.39 Å². The van der Waals surface area contributed by atoms with E-state index in [4.69, 9.17) is 4.74 Å². The van der Waals surface area contributed by atoms with Crippen LogP contribution in [0.25, 0.3) is 0 Å². The number of hydrogen-bond acceptors (Lipinski definition) is 2. The number of halogens is 1. The van der Waals surface area contributed by atoms with Gasteiger partial charge in [-0.2, -0.15) is 0 Å². The van der Waals surface area contributed by atoms with Gasteiger partial charge in [-0.1, -0.05) is 19.4 Å². The van der Waals surface area contributed by atoms with Crippen molar-refractivity contribution in [3.63, 3.8) is 0 Å². The van der Waals surface area contributed by atoms with Crippen molar-refractivity contribution in [2.24, 2.45) is 0 Å². The summed E-state index contributed by atoms with van der Waals surface area (Å²) in [5.41, 5.74) is 2.27. The molecule has 0 bridgehead atoms. The highest BCUT2D eigenvalue weighted by molar-refractivity contribution is 5.34. The first-order valence-corrected chi connectivity index (χ1v) is 6.96. The fourth-order valence-corrected chi connectivity index (χ4v) is 2.41. The Morgan fingerprint density at radius 1 is 1.37 bits per heavy atom. The molecule has 104 valence electrons. The molecule has 1 aromatic rings. The summed E-state index contributed by atoms with van der Waals surface area (Å²) in [7, 11) is 2.12. The minimum absolute atomic E-state index is 0.188. The Labute approximate surface area is 114 Å². The van der Waals surface area contributed by atoms with E-state index in [2.05, 4.69) is 24.9 Å². The van der Waals surface area contributed by atoms with E-state index in [1.807, 2.05) is 0 Å². The first-order valence-electron chi connectivity index (χ1n) is 6.96. The molecule has 1 heterocycles. The molecule has 1 aliphatic rings. The number of likely N-dealkylation sites (N-methyl/N-ethyl adjacent to an activating group) is 1. The molecule has 0 radical (unpaired) electrons. The van der Waals surface area contributed by atoms with Crippen LogP contribution in [0.15, 0.2) is 29.8 Å². The molecule has 0 aromatic heterocycles. The zero-order valence-corrected chi connectivity index (χ0v) is 11.8. The van der Waals surface area contributed by atoms with Crippen molar-refractivity contribution in [1.29, 1.82) is 0 Å². The summed E-state index contributed by atoms with van der Waals surface area (Å²) in [6.07, 6.45) is 5.18. The largest absolute Gasteiger partial charge is 0.489 e. The first-order chi connectivity index (χ1) is 9.19. The second-order valence-corrected chi connectivity index (χ2v) is 5.18. The van der Waals surface area contributed by atoms with E-state index in [0.29, 0.717) is 6.61 Å². The molecule has 0 atom stereocenters. The van der Waals surface area contributed by atoms with Gasteiger partial charge in [-0.05, 0) is 49.2 Å². The molecule has 0 saturated carbocycles. The number of benzene rings is 1. The van der Waals surface area contributed by atoms with Crippen molar-refractivity contribution in [2.75, 3.05) is 26.7 Å². The number of hydrogen-bond donors (Lipinski definition) is 0. The van der Waals surface area contributed by atoms with Crippen molar-refractivity contribution < 1.29 is 9.13 Å². The molecule has 2 nitrogen and oxygen atoms in total. The Kier molecular flexibility index (Phi) is 4.97. The SMILES string of the molecule is CCCc1cc(F)ccc1OCC1=CCCN(C)C1. The highest BCUT2D eigenvalue weighted by Gasteiger charge is 2.10. The van der Waals surface area contributed by atoms with E-state index < -0.39 is 0 Å². The Morgan fingerprint density at radius 2 is 2.21 bits per heavy atom. The van der Waals surface area contributed by atoms with Gasteiger partial charge in [0.15, 0.2) is 0 Å². The maximum atomic E-state index is 13.2. The quantitative estimate of drug-likeness (QED) is 0.755. The van der Waals surface area contributed by atoms with Crippen LogP contribution in [0.5, 0.6) is 5.75 Å². The van der Waals surface area contributed by atoms with E-state index in [0.717, 1.165) is 43.7 Å². The fraction of sp³-hybridized carbons (Fsp3) is 0.500. The smallest absolute Gasteiger partial charge is 0.123 e. The molecule has 0 aliphatic carbocycles.